The van der Waals surface area contributed by atoms with Crippen molar-refractivity contribution in [1.82, 2.24) is 19.6 Å². The Hall–Kier alpha value is -2.88. The van der Waals surface area contributed by atoms with Gasteiger partial charge in [-0.05, 0) is 6.07 Å². The van der Waals surface area contributed by atoms with Crippen LogP contribution < -0.4 is 10.5 Å². The van der Waals surface area contributed by atoms with E-state index in [2.05, 4.69) is 15.0 Å². The summed E-state index contributed by atoms with van der Waals surface area (Å²) in [6.45, 7) is -0.101. The van der Waals surface area contributed by atoms with Crippen molar-refractivity contribution in [3.05, 3.63) is 36.7 Å². The van der Waals surface area contributed by atoms with Crippen molar-refractivity contribution in [3.8, 4) is 0 Å². The molecule has 0 spiro atoms. The van der Waals surface area contributed by atoms with Crippen molar-refractivity contribution in [2.24, 2.45) is 0 Å². The normalized spacial score (nSPS) is 11.7. The van der Waals surface area contributed by atoms with Crippen LogP contribution in [0.1, 0.15) is 4.79 Å². The van der Waals surface area contributed by atoms with Gasteiger partial charge < -0.3 is 5.73 Å². The molecule has 120 valence electrons. The molecule has 23 heavy (non-hydrogen) atoms. The number of nitrogens with two attached hydrogens (primary N) is 1. The molecule has 3 N–H and O–H groups in total. The van der Waals surface area contributed by atoms with Crippen LogP contribution in [0.5, 0.6) is 0 Å². The second kappa shape index (κ2) is 5.39. The Labute approximate surface area is 131 Å². The number of sulfonamides is 1. The standard InChI is InChI=1S/C13H14N6O3S/c1-23(21,22)16-12-7-18(17-15-12)8-13(20)19-6-10(14)9-4-2-3-5-11(9)19/h2-7,16H,8,14H2,1H3. The maximum Gasteiger partial charge on any atom is 0.252 e. The van der Waals surface area contributed by atoms with Crippen molar-refractivity contribution in [3.63, 3.8) is 0 Å². The van der Waals surface area contributed by atoms with Crippen LogP contribution in [0.4, 0.5) is 11.5 Å². The predicted molar refractivity (Wildman–Crippen MR) is 85.5 cm³/mol. The number of aromatic nitrogens is 4. The summed E-state index contributed by atoms with van der Waals surface area (Å²) in [5.41, 5.74) is 7.10. The van der Waals surface area contributed by atoms with Crippen LogP contribution in [0.15, 0.2) is 36.7 Å². The zero-order chi connectivity index (χ0) is 16.6. The number of anilines is 2. The molecule has 10 heteroatoms. The lowest BCUT2D eigenvalue weighted by Crippen LogP contribution is -2.17. The first kappa shape index (κ1) is 15.0. The highest BCUT2D eigenvalue weighted by atomic mass is 32.2. The highest BCUT2D eigenvalue weighted by Crippen LogP contribution is 2.23. The third-order valence-electron chi connectivity index (χ3n) is 3.14. The van der Waals surface area contributed by atoms with Crippen LogP contribution in [0.3, 0.4) is 0 Å². The predicted octanol–water partition coefficient (Wildman–Crippen LogP) is 0.527. The second-order valence-corrected chi connectivity index (χ2v) is 6.79. The van der Waals surface area contributed by atoms with Gasteiger partial charge in [0, 0.05) is 11.6 Å². The maximum absolute atomic E-state index is 12.4. The fraction of sp³-hybridized carbons (Fsp3) is 0.154. The van der Waals surface area contributed by atoms with E-state index in [1.54, 1.807) is 12.3 Å². The van der Waals surface area contributed by atoms with Gasteiger partial charge in [0.05, 0.1) is 23.7 Å². The van der Waals surface area contributed by atoms with E-state index in [4.69, 9.17) is 5.73 Å². The summed E-state index contributed by atoms with van der Waals surface area (Å²) in [5, 5.41) is 8.17. The summed E-state index contributed by atoms with van der Waals surface area (Å²) in [6, 6.07) is 7.28. The lowest BCUT2D eigenvalue weighted by molar-refractivity contribution is 0.0891. The number of carbonyl (C=O) groups excluding carboxylic acids is 1. The average molecular weight is 334 g/mol. The van der Waals surface area contributed by atoms with Gasteiger partial charge in [-0.3, -0.25) is 14.1 Å². The SMILES string of the molecule is CS(=O)(=O)Nc1cn(CC(=O)n2cc(N)c3ccccc32)nn1. The molecule has 0 aliphatic carbocycles. The van der Waals surface area contributed by atoms with Gasteiger partial charge in [-0.25, -0.2) is 13.1 Å². The van der Waals surface area contributed by atoms with E-state index in [-0.39, 0.29) is 18.3 Å². The van der Waals surface area contributed by atoms with Crippen molar-refractivity contribution >= 4 is 38.3 Å². The molecule has 0 radical (unpaired) electrons. The van der Waals surface area contributed by atoms with Crippen molar-refractivity contribution < 1.29 is 13.2 Å². The number of nitrogens with zero attached hydrogens (tertiary/aromatic N) is 4. The van der Waals surface area contributed by atoms with E-state index >= 15 is 0 Å². The molecular formula is C13H14N6O3S. The van der Waals surface area contributed by atoms with Gasteiger partial charge in [0.2, 0.25) is 10.0 Å². The molecular weight excluding hydrogens is 320 g/mol. The fourth-order valence-corrected chi connectivity index (χ4v) is 2.71. The zero-order valence-corrected chi connectivity index (χ0v) is 13.0. The lowest BCUT2D eigenvalue weighted by atomic mass is 10.2. The van der Waals surface area contributed by atoms with E-state index in [0.717, 1.165) is 11.6 Å². The van der Waals surface area contributed by atoms with E-state index in [9.17, 15) is 13.2 Å². The minimum absolute atomic E-state index is 0.0529. The number of benzene rings is 1. The number of fused-ring (bicyclic) bond motifs is 1. The first-order chi connectivity index (χ1) is 10.8. The van der Waals surface area contributed by atoms with Crippen LogP contribution in [0.25, 0.3) is 10.9 Å². The van der Waals surface area contributed by atoms with E-state index in [1.165, 1.54) is 15.4 Å². The quantitative estimate of drug-likeness (QED) is 0.717. The minimum atomic E-state index is -3.44. The van der Waals surface area contributed by atoms with Gasteiger partial charge in [-0.15, -0.1) is 5.10 Å². The molecule has 3 aromatic rings. The molecule has 0 unspecified atom stereocenters. The Balaban J connectivity index is 1.84. The lowest BCUT2D eigenvalue weighted by Gasteiger charge is -2.03. The number of rotatable bonds is 4. The highest BCUT2D eigenvalue weighted by Gasteiger charge is 2.14. The Morgan fingerprint density at radius 3 is 2.78 bits per heavy atom. The summed E-state index contributed by atoms with van der Waals surface area (Å²) in [5.74, 6) is -0.217. The minimum Gasteiger partial charge on any atom is -0.397 e. The van der Waals surface area contributed by atoms with Gasteiger partial charge in [0.15, 0.2) is 5.82 Å². The highest BCUT2D eigenvalue weighted by molar-refractivity contribution is 7.92. The molecule has 0 saturated heterocycles. The van der Waals surface area contributed by atoms with Crippen molar-refractivity contribution in [2.75, 3.05) is 16.7 Å². The molecule has 0 fully saturated rings. The number of nitrogen functional groups attached to an aromatic ring is 1. The van der Waals surface area contributed by atoms with Gasteiger partial charge >= 0.3 is 0 Å². The van der Waals surface area contributed by atoms with Gasteiger partial charge in [0.25, 0.3) is 5.91 Å². The summed E-state index contributed by atoms with van der Waals surface area (Å²) in [7, 11) is -3.44. The average Bonchev–Trinajstić information content (AvgIpc) is 3.02. The molecule has 0 aliphatic rings. The van der Waals surface area contributed by atoms with Crippen LogP contribution in [0, 0.1) is 0 Å². The topological polar surface area (TPSA) is 125 Å². The largest absolute Gasteiger partial charge is 0.397 e. The summed E-state index contributed by atoms with van der Waals surface area (Å²) < 4.78 is 27.1. The van der Waals surface area contributed by atoms with Gasteiger partial charge in [0.1, 0.15) is 6.54 Å². The first-order valence-electron chi connectivity index (χ1n) is 6.60. The molecule has 2 aromatic heterocycles. The van der Waals surface area contributed by atoms with Crippen LogP contribution in [-0.2, 0) is 16.6 Å². The maximum atomic E-state index is 12.4. The number of hydrogen-bond acceptors (Lipinski definition) is 6. The fourth-order valence-electron chi connectivity index (χ4n) is 2.24. The Bertz CT molecular complexity index is 988. The second-order valence-electron chi connectivity index (χ2n) is 5.04. The zero-order valence-electron chi connectivity index (χ0n) is 12.2. The third kappa shape index (κ3) is 3.16. The number of para-hydroxylation sites is 1. The van der Waals surface area contributed by atoms with Crippen LogP contribution >= 0.6 is 0 Å². The van der Waals surface area contributed by atoms with E-state index < -0.39 is 10.0 Å². The summed E-state index contributed by atoms with van der Waals surface area (Å²) >= 11 is 0. The monoisotopic (exact) mass is 334 g/mol. The number of hydrogen-bond donors (Lipinski definition) is 2. The van der Waals surface area contributed by atoms with Gasteiger partial charge in [-0.1, -0.05) is 23.4 Å². The molecule has 0 saturated carbocycles. The van der Waals surface area contributed by atoms with Gasteiger partial charge in [-0.2, -0.15) is 0 Å². The summed E-state index contributed by atoms with van der Waals surface area (Å²) in [6.07, 6.45) is 3.90. The number of carbonyl (C=O) groups is 1. The van der Waals surface area contributed by atoms with Crippen molar-refractivity contribution in [1.29, 1.82) is 0 Å². The number of nitrogens with one attached hydrogen (secondary N) is 1. The van der Waals surface area contributed by atoms with Crippen LogP contribution in [-0.4, -0.2) is 40.1 Å². The van der Waals surface area contributed by atoms with E-state index in [0.29, 0.717) is 11.2 Å². The molecule has 0 amide bonds. The first-order valence-corrected chi connectivity index (χ1v) is 8.49. The smallest absolute Gasteiger partial charge is 0.252 e. The summed E-state index contributed by atoms with van der Waals surface area (Å²) in [4.78, 5) is 12.4. The molecule has 1 aromatic carbocycles. The molecule has 0 bridgehead atoms. The molecule has 9 nitrogen and oxygen atoms in total. The molecule has 3 rings (SSSR count). The Kier molecular flexibility index (Phi) is 3.52. The van der Waals surface area contributed by atoms with E-state index in [1.807, 2.05) is 18.2 Å². The molecule has 0 atom stereocenters. The third-order valence-corrected chi connectivity index (χ3v) is 3.72. The Morgan fingerprint density at radius 2 is 2.04 bits per heavy atom. The van der Waals surface area contributed by atoms with Crippen LogP contribution in [0.2, 0.25) is 0 Å². The van der Waals surface area contributed by atoms with Crippen molar-refractivity contribution in [2.45, 2.75) is 6.54 Å². The molecule has 0 aliphatic heterocycles. The molecule has 2 heterocycles. The Morgan fingerprint density at radius 1 is 1.30 bits per heavy atom.